The lowest BCUT2D eigenvalue weighted by molar-refractivity contribution is -0.132. The van der Waals surface area contributed by atoms with Gasteiger partial charge in [-0.1, -0.05) is 72.0 Å². The second-order valence-corrected chi connectivity index (χ2v) is 8.67. The van der Waals surface area contributed by atoms with Crippen LogP contribution < -0.4 is 5.32 Å². The molecule has 0 spiro atoms. The van der Waals surface area contributed by atoms with Gasteiger partial charge in [-0.2, -0.15) is 0 Å². The molecule has 1 N–H and O–H groups in total. The van der Waals surface area contributed by atoms with Gasteiger partial charge in [0.1, 0.15) is 0 Å². The number of aromatic nitrogens is 1. The molecule has 6 nitrogen and oxygen atoms in total. The van der Waals surface area contributed by atoms with Crippen molar-refractivity contribution in [3.63, 3.8) is 0 Å². The van der Waals surface area contributed by atoms with Gasteiger partial charge in [-0.15, -0.1) is 0 Å². The lowest BCUT2D eigenvalue weighted by Crippen LogP contribution is -2.39. The Morgan fingerprint density at radius 3 is 2.28 bits per heavy atom. The summed E-state index contributed by atoms with van der Waals surface area (Å²) in [7, 11) is 0. The van der Waals surface area contributed by atoms with Crippen molar-refractivity contribution in [2.45, 2.75) is 18.9 Å². The van der Waals surface area contributed by atoms with Crippen LogP contribution >= 0.6 is 11.3 Å². The molecule has 1 aliphatic heterocycles. The van der Waals surface area contributed by atoms with Gasteiger partial charge in [-0.05, 0) is 23.3 Å². The molecule has 3 heterocycles. The molecule has 0 radical (unpaired) electrons. The van der Waals surface area contributed by atoms with Crippen LogP contribution in [0.3, 0.4) is 0 Å². The Bertz CT molecular complexity index is 1180. The molecule has 2 aromatic carbocycles. The van der Waals surface area contributed by atoms with Crippen molar-refractivity contribution >= 4 is 28.3 Å². The van der Waals surface area contributed by atoms with E-state index in [0.29, 0.717) is 24.6 Å². The van der Waals surface area contributed by atoms with Gasteiger partial charge >= 0.3 is 0 Å². The Kier molecular flexibility index (Phi) is 5.56. The zero-order valence-corrected chi connectivity index (χ0v) is 18.0. The third-order valence-electron chi connectivity index (χ3n) is 5.52. The van der Waals surface area contributed by atoms with Crippen LogP contribution in [0.1, 0.15) is 38.2 Å². The molecular formula is C25H21N3O3S. The molecule has 160 valence electrons. The minimum atomic E-state index is -0.356. The minimum Gasteiger partial charge on any atom is -0.459 e. The van der Waals surface area contributed by atoms with Crippen LogP contribution in [-0.2, 0) is 17.8 Å². The normalized spacial score (nSPS) is 13.1. The summed E-state index contributed by atoms with van der Waals surface area (Å²) in [5, 5.41) is 3.31. The Labute approximate surface area is 189 Å². The Balaban J connectivity index is 1.36. The molecule has 32 heavy (non-hydrogen) atoms. The summed E-state index contributed by atoms with van der Waals surface area (Å²) in [6.45, 7) is 1.08. The highest BCUT2D eigenvalue weighted by atomic mass is 32.1. The van der Waals surface area contributed by atoms with E-state index in [0.717, 1.165) is 21.7 Å². The Hall–Kier alpha value is -3.71. The molecule has 2 amide bonds. The molecular weight excluding hydrogens is 422 g/mol. The third-order valence-corrected chi connectivity index (χ3v) is 6.52. The first kappa shape index (κ1) is 20.2. The average molecular weight is 444 g/mol. The zero-order valence-electron chi connectivity index (χ0n) is 17.2. The second kappa shape index (κ2) is 8.80. The number of furan rings is 1. The molecule has 0 bridgehead atoms. The number of carbonyl (C=O) groups is 2. The summed E-state index contributed by atoms with van der Waals surface area (Å²) in [6, 6.07) is 23.0. The van der Waals surface area contributed by atoms with Gasteiger partial charge in [0.15, 0.2) is 10.9 Å². The van der Waals surface area contributed by atoms with Crippen molar-refractivity contribution in [1.29, 1.82) is 0 Å². The predicted octanol–water partition coefficient (Wildman–Crippen LogP) is 4.71. The highest BCUT2D eigenvalue weighted by Crippen LogP contribution is 2.32. The fourth-order valence-corrected chi connectivity index (χ4v) is 4.97. The van der Waals surface area contributed by atoms with E-state index in [2.05, 4.69) is 10.3 Å². The summed E-state index contributed by atoms with van der Waals surface area (Å²) >= 11 is 1.41. The van der Waals surface area contributed by atoms with Crippen LogP contribution in [0.25, 0.3) is 0 Å². The predicted molar refractivity (Wildman–Crippen MR) is 123 cm³/mol. The van der Waals surface area contributed by atoms with Gasteiger partial charge in [-0.3, -0.25) is 14.9 Å². The molecule has 0 aliphatic carbocycles. The first-order valence-corrected chi connectivity index (χ1v) is 11.2. The van der Waals surface area contributed by atoms with E-state index < -0.39 is 0 Å². The van der Waals surface area contributed by atoms with E-state index in [1.807, 2.05) is 65.6 Å². The standard InChI is InChI=1S/C25H21N3O3S/c29-23(20-12-7-15-31-20)27-25-26-19-13-14-28(16-21(19)32-25)24(30)22(17-8-3-1-4-9-17)18-10-5-2-6-11-18/h1-12,15,22H,13-14,16H2,(H,26,27,29). The summed E-state index contributed by atoms with van der Waals surface area (Å²) in [6.07, 6.45) is 2.12. The van der Waals surface area contributed by atoms with E-state index in [1.165, 1.54) is 17.6 Å². The molecule has 0 saturated carbocycles. The van der Waals surface area contributed by atoms with Crippen molar-refractivity contribution < 1.29 is 14.0 Å². The summed E-state index contributed by atoms with van der Waals surface area (Å²) in [5.41, 5.74) is 2.89. The summed E-state index contributed by atoms with van der Waals surface area (Å²) in [4.78, 5) is 33.4. The maximum absolute atomic E-state index is 13.7. The molecule has 7 heteroatoms. The summed E-state index contributed by atoms with van der Waals surface area (Å²) < 4.78 is 5.14. The fraction of sp³-hybridized carbons (Fsp3) is 0.160. The van der Waals surface area contributed by atoms with Gasteiger partial charge in [0.05, 0.1) is 24.4 Å². The van der Waals surface area contributed by atoms with Gasteiger partial charge in [0.25, 0.3) is 5.91 Å². The van der Waals surface area contributed by atoms with Crippen molar-refractivity contribution in [2.24, 2.45) is 0 Å². The van der Waals surface area contributed by atoms with E-state index in [-0.39, 0.29) is 23.5 Å². The lowest BCUT2D eigenvalue weighted by atomic mass is 9.89. The maximum Gasteiger partial charge on any atom is 0.293 e. The molecule has 5 rings (SSSR count). The van der Waals surface area contributed by atoms with Crippen LogP contribution in [0.2, 0.25) is 0 Å². The highest BCUT2D eigenvalue weighted by molar-refractivity contribution is 7.15. The van der Waals surface area contributed by atoms with E-state index in [4.69, 9.17) is 4.42 Å². The lowest BCUT2D eigenvalue weighted by Gasteiger charge is -2.30. The quantitative estimate of drug-likeness (QED) is 0.485. The van der Waals surface area contributed by atoms with Gasteiger partial charge in [0, 0.05) is 17.8 Å². The number of nitrogens with zero attached hydrogens (tertiary/aromatic N) is 2. The summed E-state index contributed by atoms with van der Waals surface area (Å²) in [5.74, 6) is -0.376. The van der Waals surface area contributed by atoms with Gasteiger partial charge in [-0.25, -0.2) is 4.98 Å². The van der Waals surface area contributed by atoms with Crippen molar-refractivity contribution in [3.8, 4) is 0 Å². The van der Waals surface area contributed by atoms with Gasteiger partial charge in [0.2, 0.25) is 5.91 Å². The van der Waals surface area contributed by atoms with E-state index in [1.54, 1.807) is 12.1 Å². The molecule has 4 aromatic rings. The van der Waals surface area contributed by atoms with Crippen molar-refractivity contribution in [1.82, 2.24) is 9.88 Å². The number of anilines is 1. The number of benzene rings is 2. The van der Waals surface area contributed by atoms with Crippen molar-refractivity contribution in [2.75, 3.05) is 11.9 Å². The molecule has 0 atom stereocenters. The first-order chi connectivity index (χ1) is 15.7. The number of rotatable bonds is 5. The number of thiazole rings is 1. The number of fused-ring (bicyclic) bond motifs is 1. The number of hydrogen-bond donors (Lipinski definition) is 1. The monoisotopic (exact) mass is 443 g/mol. The zero-order chi connectivity index (χ0) is 21.9. The molecule has 1 aliphatic rings. The maximum atomic E-state index is 13.7. The van der Waals surface area contributed by atoms with Crippen LogP contribution in [0.4, 0.5) is 5.13 Å². The second-order valence-electron chi connectivity index (χ2n) is 7.58. The van der Waals surface area contributed by atoms with Crippen LogP contribution in [0, 0.1) is 0 Å². The number of nitrogens with one attached hydrogen (secondary N) is 1. The third kappa shape index (κ3) is 4.07. The van der Waals surface area contributed by atoms with Crippen LogP contribution in [0.15, 0.2) is 83.5 Å². The highest BCUT2D eigenvalue weighted by Gasteiger charge is 2.31. The van der Waals surface area contributed by atoms with E-state index >= 15 is 0 Å². The number of amides is 2. The fourth-order valence-electron chi connectivity index (χ4n) is 3.95. The molecule has 2 aromatic heterocycles. The topological polar surface area (TPSA) is 75.4 Å². The van der Waals surface area contributed by atoms with Crippen LogP contribution in [-0.4, -0.2) is 28.2 Å². The average Bonchev–Trinajstić information content (AvgIpc) is 3.50. The minimum absolute atomic E-state index is 0.0719. The van der Waals surface area contributed by atoms with Crippen molar-refractivity contribution in [3.05, 3.63) is 107 Å². The number of hydrogen-bond acceptors (Lipinski definition) is 5. The number of carbonyl (C=O) groups excluding carboxylic acids is 2. The molecule has 0 saturated heterocycles. The largest absolute Gasteiger partial charge is 0.459 e. The van der Waals surface area contributed by atoms with Crippen LogP contribution in [0.5, 0.6) is 0 Å². The first-order valence-electron chi connectivity index (χ1n) is 10.4. The smallest absolute Gasteiger partial charge is 0.293 e. The van der Waals surface area contributed by atoms with Gasteiger partial charge < -0.3 is 9.32 Å². The molecule has 0 fully saturated rings. The Morgan fingerprint density at radius 1 is 0.969 bits per heavy atom. The Morgan fingerprint density at radius 2 is 1.66 bits per heavy atom. The SMILES string of the molecule is O=C(Nc1nc2c(s1)CN(C(=O)C(c1ccccc1)c1ccccc1)CC2)c1ccco1. The molecule has 0 unspecified atom stereocenters. The van der Waals surface area contributed by atoms with E-state index in [9.17, 15) is 9.59 Å².